The highest BCUT2D eigenvalue weighted by molar-refractivity contribution is 7.89. The lowest BCUT2D eigenvalue weighted by Gasteiger charge is -2.39. The fraction of sp³-hybridized carbons (Fsp3) is 0.350. The molecule has 0 bridgehead atoms. The van der Waals surface area contributed by atoms with Gasteiger partial charge in [0.05, 0.1) is 6.67 Å². The third-order valence-electron chi connectivity index (χ3n) is 5.78. The summed E-state index contributed by atoms with van der Waals surface area (Å²) in [7, 11) is -2.47. The van der Waals surface area contributed by atoms with Crippen LogP contribution in [0.25, 0.3) is 0 Å². The number of aromatic nitrogens is 3. The predicted molar refractivity (Wildman–Crippen MR) is 116 cm³/mol. The maximum Gasteiger partial charge on any atom is 0.434 e. The highest BCUT2D eigenvalue weighted by atomic mass is 35.5. The van der Waals surface area contributed by atoms with Gasteiger partial charge in [-0.1, -0.05) is 24.6 Å². The number of aromatic amines is 1. The molecule has 0 unspecified atom stereocenters. The SMILES string of the molecule is Cc1ccc(F)c([C@@H](C)[C@@H](c2n[nH]c(=O)o2)N2CN(C)c3nc(Cl)ccc3S2(=O)=O)c1C. The fourth-order valence-electron chi connectivity index (χ4n) is 4.08. The Bertz CT molecular complexity index is 1360. The lowest BCUT2D eigenvalue weighted by Crippen LogP contribution is -2.48. The maximum absolute atomic E-state index is 15.0. The number of anilines is 1. The van der Waals surface area contributed by atoms with Crippen molar-refractivity contribution in [2.24, 2.45) is 0 Å². The number of fused-ring (bicyclic) bond motifs is 1. The fourth-order valence-corrected chi connectivity index (χ4v) is 6.04. The number of hydrogen-bond acceptors (Lipinski definition) is 7. The number of H-pyrrole nitrogens is 1. The van der Waals surface area contributed by atoms with Crippen molar-refractivity contribution < 1.29 is 17.2 Å². The number of nitrogens with zero attached hydrogens (tertiary/aromatic N) is 4. The molecule has 1 aliphatic heterocycles. The van der Waals surface area contributed by atoms with E-state index in [1.54, 1.807) is 31.9 Å². The van der Waals surface area contributed by atoms with Crippen LogP contribution in [-0.2, 0) is 10.0 Å². The van der Waals surface area contributed by atoms with Crippen molar-refractivity contribution in [3.63, 3.8) is 0 Å². The molecule has 0 spiro atoms. The number of benzene rings is 1. The molecule has 0 aliphatic carbocycles. The zero-order valence-corrected chi connectivity index (χ0v) is 19.3. The molecule has 9 nitrogen and oxygen atoms in total. The van der Waals surface area contributed by atoms with E-state index in [1.165, 1.54) is 18.2 Å². The van der Waals surface area contributed by atoms with E-state index in [9.17, 15) is 17.6 Å². The summed E-state index contributed by atoms with van der Waals surface area (Å²) in [5.74, 6) is -2.03. The molecule has 3 heterocycles. The van der Waals surface area contributed by atoms with E-state index in [2.05, 4.69) is 15.2 Å². The normalized spacial score (nSPS) is 17.8. The van der Waals surface area contributed by atoms with Gasteiger partial charge < -0.3 is 9.32 Å². The average molecular weight is 482 g/mol. The summed E-state index contributed by atoms with van der Waals surface area (Å²) in [6.07, 6.45) is 0. The second-order valence-electron chi connectivity index (χ2n) is 7.78. The molecule has 3 aromatic rings. The molecule has 0 radical (unpaired) electrons. The molecular formula is C20H21ClFN5O4S. The molecule has 0 fully saturated rings. The highest BCUT2D eigenvalue weighted by Crippen LogP contribution is 2.43. The van der Waals surface area contributed by atoms with Crippen LogP contribution in [0, 0.1) is 19.7 Å². The molecule has 0 saturated carbocycles. The van der Waals surface area contributed by atoms with Crippen LogP contribution in [0.5, 0.6) is 0 Å². The summed E-state index contributed by atoms with van der Waals surface area (Å²) in [5, 5.41) is 6.21. The van der Waals surface area contributed by atoms with Crippen molar-refractivity contribution in [2.45, 2.75) is 37.6 Å². The van der Waals surface area contributed by atoms with Crippen molar-refractivity contribution >= 4 is 27.4 Å². The molecule has 2 aromatic heterocycles. The third kappa shape index (κ3) is 3.59. The minimum atomic E-state index is -4.13. The minimum absolute atomic E-state index is 0.0628. The Labute approximate surface area is 188 Å². The molecule has 170 valence electrons. The zero-order valence-electron chi connectivity index (χ0n) is 17.8. The van der Waals surface area contributed by atoms with E-state index in [0.717, 1.165) is 9.87 Å². The lowest BCUT2D eigenvalue weighted by molar-refractivity contribution is 0.236. The van der Waals surface area contributed by atoms with Crippen LogP contribution in [0.3, 0.4) is 0 Å². The number of nitrogens with one attached hydrogen (secondary N) is 1. The van der Waals surface area contributed by atoms with E-state index in [4.69, 9.17) is 16.0 Å². The summed E-state index contributed by atoms with van der Waals surface area (Å²) in [6.45, 7) is 5.14. The first-order valence-corrected chi connectivity index (χ1v) is 11.5. The Kier molecular flexibility index (Phi) is 5.60. The van der Waals surface area contributed by atoms with Gasteiger partial charge >= 0.3 is 5.76 Å². The Morgan fingerprint density at radius 1 is 1.25 bits per heavy atom. The van der Waals surface area contributed by atoms with Gasteiger partial charge in [-0.2, -0.15) is 4.31 Å². The van der Waals surface area contributed by atoms with Crippen LogP contribution in [0.1, 0.15) is 41.5 Å². The minimum Gasteiger partial charge on any atom is -0.391 e. The standard InChI is InChI=1S/C20H21ClFN5O4S/c1-10-5-6-13(22)16(11(10)2)12(3)17(19-24-25-20(28)31-19)27-9-26(4)18-14(32(27,29)30)7-8-15(21)23-18/h5-8,12,17H,9H2,1-4H3,(H,25,28)/t12-,17+/m1/s1. The van der Waals surface area contributed by atoms with E-state index < -0.39 is 33.6 Å². The number of aryl methyl sites for hydroxylation is 1. The first kappa shape index (κ1) is 22.4. The first-order chi connectivity index (χ1) is 15.0. The number of rotatable bonds is 4. The summed E-state index contributed by atoms with van der Waals surface area (Å²) in [4.78, 5) is 17.4. The van der Waals surface area contributed by atoms with E-state index in [0.29, 0.717) is 11.1 Å². The van der Waals surface area contributed by atoms with E-state index >= 15 is 0 Å². The van der Waals surface area contributed by atoms with Crippen molar-refractivity contribution in [1.82, 2.24) is 19.5 Å². The summed E-state index contributed by atoms with van der Waals surface area (Å²) in [5.41, 5.74) is 1.84. The lowest BCUT2D eigenvalue weighted by atomic mass is 9.87. The highest BCUT2D eigenvalue weighted by Gasteiger charge is 2.45. The molecule has 1 aliphatic rings. The van der Waals surface area contributed by atoms with Crippen molar-refractivity contribution in [3.8, 4) is 0 Å². The van der Waals surface area contributed by atoms with Crippen LogP contribution < -0.4 is 10.7 Å². The molecule has 0 saturated heterocycles. The van der Waals surface area contributed by atoms with Gasteiger partial charge in [0, 0.05) is 13.0 Å². The van der Waals surface area contributed by atoms with Crippen molar-refractivity contribution in [3.05, 3.63) is 68.4 Å². The quantitative estimate of drug-likeness (QED) is 0.569. The summed E-state index contributed by atoms with van der Waals surface area (Å²) < 4.78 is 48.5. The smallest absolute Gasteiger partial charge is 0.391 e. The van der Waals surface area contributed by atoms with Crippen LogP contribution in [0.4, 0.5) is 10.2 Å². The molecule has 1 aromatic carbocycles. The number of sulfonamides is 1. The Balaban J connectivity index is 1.92. The van der Waals surface area contributed by atoms with Gasteiger partial charge in [-0.3, -0.25) is 0 Å². The van der Waals surface area contributed by atoms with E-state index in [-0.39, 0.29) is 28.4 Å². The average Bonchev–Trinajstić information content (AvgIpc) is 3.15. The Morgan fingerprint density at radius 2 is 1.97 bits per heavy atom. The van der Waals surface area contributed by atoms with Gasteiger partial charge in [0.25, 0.3) is 0 Å². The van der Waals surface area contributed by atoms with Crippen molar-refractivity contribution in [2.75, 3.05) is 18.6 Å². The zero-order chi connectivity index (χ0) is 23.4. The Hall–Kier alpha value is -2.76. The van der Waals surface area contributed by atoms with Crippen LogP contribution >= 0.6 is 11.6 Å². The van der Waals surface area contributed by atoms with Crippen molar-refractivity contribution in [1.29, 1.82) is 0 Å². The molecule has 12 heteroatoms. The number of halogens is 2. The number of hydrogen-bond donors (Lipinski definition) is 1. The molecular weight excluding hydrogens is 461 g/mol. The Morgan fingerprint density at radius 3 is 2.62 bits per heavy atom. The largest absolute Gasteiger partial charge is 0.434 e. The van der Waals surface area contributed by atoms with Gasteiger partial charge in [-0.15, -0.1) is 5.10 Å². The predicted octanol–water partition coefficient (Wildman–Crippen LogP) is 3.11. The van der Waals surface area contributed by atoms with Crippen LogP contribution in [0.15, 0.2) is 38.4 Å². The van der Waals surface area contributed by atoms with E-state index in [1.807, 2.05) is 6.92 Å². The third-order valence-corrected chi connectivity index (χ3v) is 7.83. The second kappa shape index (κ2) is 7.98. The van der Waals surface area contributed by atoms with Gasteiger partial charge in [-0.05, 0) is 48.7 Å². The molecule has 2 atom stereocenters. The maximum atomic E-state index is 15.0. The molecule has 1 N–H and O–H groups in total. The van der Waals surface area contributed by atoms with Gasteiger partial charge in [-0.25, -0.2) is 27.7 Å². The summed E-state index contributed by atoms with van der Waals surface area (Å²) >= 11 is 5.96. The topological polar surface area (TPSA) is 112 Å². The first-order valence-electron chi connectivity index (χ1n) is 9.73. The van der Waals surface area contributed by atoms with Crippen LogP contribution in [-0.4, -0.2) is 41.6 Å². The summed E-state index contributed by atoms with van der Waals surface area (Å²) in [6, 6.07) is 4.63. The van der Waals surface area contributed by atoms with Gasteiger partial charge in [0.1, 0.15) is 21.9 Å². The molecule has 4 rings (SSSR count). The van der Waals surface area contributed by atoms with Crippen LogP contribution in [0.2, 0.25) is 5.15 Å². The van der Waals surface area contributed by atoms with Gasteiger partial charge in [0.15, 0.2) is 5.82 Å². The molecule has 0 amide bonds. The monoisotopic (exact) mass is 481 g/mol. The number of pyridine rings is 1. The molecule has 32 heavy (non-hydrogen) atoms. The van der Waals surface area contributed by atoms with Gasteiger partial charge in [0.2, 0.25) is 15.9 Å². The second-order valence-corrected chi connectivity index (χ2v) is 10.0.